The van der Waals surface area contributed by atoms with Crippen LogP contribution in [0.5, 0.6) is 0 Å². The molecule has 1 aromatic heterocycles. The summed E-state index contributed by atoms with van der Waals surface area (Å²) in [7, 11) is 0. The predicted molar refractivity (Wildman–Crippen MR) is 64.1 cm³/mol. The summed E-state index contributed by atoms with van der Waals surface area (Å²) < 4.78 is 1.67. The lowest BCUT2D eigenvalue weighted by atomic mass is 10.2. The third-order valence-electron chi connectivity index (χ3n) is 2.78. The molecule has 3 rings (SSSR count). The monoisotopic (exact) mass is 235 g/mol. The molecule has 0 saturated carbocycles. The lowest BCUT2D eigenvalue weighted by molar-refractivity contribution is 0.600. The molecule has 1 aliphatic rings. The molecule has 2 aromatic rings. The number of nitrogens with one attached hydrogen (secondary N) is 1. The Morgan fingerprint density at radius 1 is 1.44 bits per heavy atom. The summed E-state index contributed by atoms with van der Waals surface area (Å²) in [6, 6.07) is 5.36. The van der Waals surface area contributed by atoms with Crippen molar-refractivity contribution in [3.05, 3.63) is 33.7 Å². The summed E-state index contributed by atoms with van der Waals surface area (Å²) in [5.74, 6) is 0.837. The van der Waals surface area contributed by atoms with E-state index in [0.717, 1.165) is 30.7 Å². The molecule has 0 radical (unpaired) electrons. The van der Waals surface area contributed by atoms with E-state index in [9.17, 15) is 4.79 Å². The highest BCUT2D eigenvalue weighted by molar-refractivity contribution is 6.31. The van der Waals surface area contributed by atoms with Crippen molar-refractivity contribution in [2.24, 2.45) is 0 Å². The van der Waals surface area contributed by atoms with Crippen molar-refractivity contribution in [1.82, 2.24) is 9.55 Å². The molecule has 4 nitrogen and oxygen atoms in total. The minimum Gasteiger partial charge on any atom is -0.371 e. The van der Waals surface area contributed by atoms with Gasteiger partial charge in [0.1, 0.15) is 5.82 Å². The van der Waals surface area contributed by atoms with Gasteiger partial charge in [-0.25, -0.2) is 4.79 Å². The number of rotatable bonds is 0. The molecule has 0 saturated heterocycles. The first kappa shape index (κ1) is 9.66. The van der Waals surface area contributed by atoms with E-state index in [-0.39, 0.29) is 5.69 Å². The fraction of sp³-hybridized carbons (Fsp3) is 0.273. The maximum Gasteiger partial charge on any atom is 0.349 e. The van der Waals surface area contributed by atoms with Gasteiger partial charge in [-0.15, -0.1) is 0 Å². The van der Waals surface area contributed by atoms with Crippen LogP contribution in [0.2, 0.25) is 5.02 Å². The molecule has 0 aliphatic carbocycles. The molecule has 1 aliphatic heterocycles. The minimum atomic E-state index is -0.197. The molecular weight excluding hydrogens is 226 g/mol. The van der Waals surface area contributed by atoms with Gasteiger partial charge in [0.2, 0.25) is 0 Å². The van der Waals surface area contributed by atoms with Crippen molar-refractivity contribution in [3.63, 3.8) is 0 Å². The van der Waals surface area contributed by atoms with Gasteiger partial charge in [-0.3, -0.25) is 4.57 Å². The van der Waals surface area contributed by atoms with Crippen LogP contribution in [0, 0.1) is 0 Å². The van der Waals surface area contributed by atoms with E-state index in [1.807, 2.05) is 6.07 Å². The van der Waals surface area contributed by atoms with E-state index < -0.39 is 0 Å². The molecule has 2 heterocycles. The quantitative estimate of drug-likeness (QED) is 0.758. The van der Waals surface area contributed by atoms with Crippen molar-refractivity contribution >= 4 is 28.3 Å². The van der Waals surface area contributed by atoms with Gasteiger partial charge < -0.3 is 5.32 Å². The number of fused-ring (bicyclic) bond motifs is 3. The summed E-state index contributed by atoms with van der Waals surface area (Å²) >= 11 is 5.96. The van der Waals surface area contributed by atoms with Gasteiger partial charge in [0.15, 0.2) is 0 Å². The molecule has 1 N–H and O–H groups in total. The molecule has 5 heteroatoms. The molecule has 0 bridgehead atoms. The Hall–Kier alpha value is -1.55. The van der Waals surface area contributed by atoms with E-state index in [1.54, 1.807) is 16.7 Å². The highest BCUT2D eigenvalue weighted by Gasteiger charge is 2.14. The Balaban J connectivity index is 2.43. The number of hydrogen-bond donors (Lipinski definition) is 1. The maximum atomic E-state index is 11.7. The van der Waals surface area contributed by atoms with E-state index >= 15 is 0 Å². The lowest BCUT2D eigenvalue weighted by Crippen LogP contribution is -2.30. The van der Waals surface area contributed by atoms with Crippen molar-refractivity contribution in [2.75, 3.05) is 11.9 Å². The van der Waals surface area contributed by atoms with Gasteiger partial charge >= 0.3 is 5.69 Å². The number of halogens is 1. The second-order valence-electron chi connectivity index (χ2n) is 3.84. The van der Waals surface area contributed by atoms with E-state index in [0.29, 0.717) is 10.5 Å². The Bertz CT molecular complexity index is 620. The molecule has 0 unspecified atom stereocenters. The second kappa shape index (κ2) is 3.49. The third-order valence-corrected chi connectivity index (χ3v) is 3.02. The van der Waals surface area contributed by atoms with Crippen LogP contribution in [0.15, 0.2) is 23.0 Å². The second-order valence-corrected chi connectivity index (χ2v) is 4.27. The van der Waals surface area contributed by atoms with E-state index in [2.05, 4.69) is 10.3 Å². The molecular formula is C11H10ClN3O. The Kier molecular flexibility index (Phi) is 2.11. The van der Waals surface area contributed by atoms with Gasteiger partial charge in [0, 0.05) is 23.5 Å². The van der Waals surface area contributed by atoms with Gasteiger partial charge in [-0.1, -0.05) is 11.6 Å². The van der Waals surface area contributed by atoms with Gasteiger partial charge in [0.05, 0.1) is 5.52 Å². The highest BCUT2D eigenvalue weighted by atomic mass is 35.5. The fourth-order valence-corrected chi connectivity index (χ4v) is 2.21. The van der Waals surface area contributed by atoms with Crippen LogP contribution in [0.4, 0.5) is 5.82 Å². The van der Waals surface area contributed by atoms with Gasteiger partial charge in [-0.05, 0) is 24.6 Å². The van der Waals surface area contributed by atoms with Crippen molar-refractivity contribution < 1.29 is 0 Å². The molecule has 0 fully saturated rings. The molecule has 82 valence electrons. The predicted octanol–water partition coefficient (Wildman–Crippen LogP) is 1.87. The average Bonchev–Trinajstić information content (AvgIpc) is 2.31. The molecule has 1 aromatic carbocycles. The Labute approximate surface area is 96.9 Å². The van der Waals surface area contributed by atoms with Crippen LogP contribution >= 0.6 is 11.6 Å². The first-order valence-corrected chi connectivity index (χ1v) is 5.57. The topological polar surface area (TPSA) is 46.9 Å². The number of benzene rings is 1. The van der Waals surface area contributed by atoms with Gasteiger partial charge in [-0.2, -0.15) is 4.98 Å². The Morgan fingerprint density at radius 3 is 3.19 bits per heavy atom. The summed E-state index contributed by atoms with van der Waals surface area (Å²) in [4.78, 5) is 15.8. The molecule has 0 spiro atoms. The van der Waals surface area contributed by atoms with E-state index in [1.165, 1.54) is 0 Å². The molecule has 0 amide bonds. The highest BCUT2D eigenvalue weighted by Crippen LogP contribution is 2.25. The van der Waals surface area contributed by atoms with Crippen LogP contribution in [-0.4, -0.2) is 16.1 Å². The van der Waals surface area contributed by atoms with E-state index in [4.69, 9.17) is 11.6 Å². The van der Waals surface area contributed by atoms with Gasteiger partial charge in [0.25, 0.3) is 0 Å². The zero-order valence-corrected chi connectivity index (χ0v) is 9.29. The van der Waals surface area contributed by atoms with Crippen LogP contribution in [0.3, 0.4) is 0 Å². The number of nitrogens with zero attached hydrogens (tertiary/aromatic N) is 2. The standard InChI is InChI=1S/C11H10ClN3O/c12-7-2-3-9-8(6-7)10-13-4-1-5-15(10)11(16)14-9/h2-3,6,13H,1,4-5H2. The van der Waals surface area contributed by atoms with Crippen LogP contribution in [0.25, 0.3) is 10.9 Å². The first-order chi connectivity index (χ1) is 7.75. The first-order valence-electron chi connectivity index (χ1n) is 5.20. The number of anilines is 1. The maximum absolute atomic E-state index is 11.7. The lowest BCUT2D eigenvalue weighted by Gasteiger charge is -2.20. The summed E-state index contributed by atoms with van der Waals surface area (Å²) in [6.45, 7) is 1.60. The van der Waals surface area contributed by atoms with Crippen molar-refractivity contribution in [3.8, 4) is 0 Å². The normalized spacial score (nSPS) is 14.6. The number of hydrogen-bond acceptors (Lipinski definition) is 3. The smallest absolute Gasteiger partial charge is 0.349 e. The SMILES string of the molecule is O=c1nc2ccc(Cl)cc2c2n1CCCN2. The van der Waals surface area contributed by atoms with Crippen LogP contribution in [0.1, 0.15) is 6.42 Å². The van der Waals surface area contributed by atoms with Crippen molar-refractivity contribution in [1.29, 1.82) is 0 Å². The summed E-state index contributed by atoms with van der Waals surface area (Å²) in [6.07, 6.45) is 0.945. The van der Waals surface area contributed by atoms with Crippen LogP contribution < -0.4 is 11.0 Å². The fourth-order valence-electron chi connectivity index (χ4n) is 2.04. The zero-order chi connectivity index (χ0) is 11.1. The molecule has 0 atom stereocenters. The van der Waals surface area contributed by atoms with Crippen molar-refractivity contribution in [2.45, 2.75) is 13.0 Å². The summed E-state index contributed by atoms with van der Waals surface area (Å²) in [5.41, 5.74) is 0.493. The zero-order valence-electron chi connectivity index (χ0n) is 8.53. The average molecular weight is 236 g/mol. The summed E-state index contributed by atoms with van der Waals surface area (Å²) in [5, 5.41) is 4.80. The molecule has 16 heavy (non-hydrogen) atoms. The Morgan fingerprint density at radius 2 is 2.31 bits per heavy atom. The number of aromatic nitrogens is 2. The van der Waals surface area contributed by atoms with Crippen LogP contribution in [-0.2, 0) is 6.54 Å². The largest absolute Gasteiger partial charge is 0.371 e. The minimum absolute atomic E-state index is 0.197. The third kappa shape index (κ3) is 1.38.